The zero-order valence-electron chi connectivity index (χ0n) is 17.6. The van der Waals surface area contributed by atoms with Crippen molar-refractivity contribution < 1.29 is 4.79 Å². The lowest BCUT2D eigenvalue weighted by atomic mass is 9.90. The molecule has 1 atom stereocenters. The number of rotatable bonds is 7. The Hall–Kier alpha value is -2.93. The molecule has 0 spiro atoms. The van der Waals surface area contributed by atoms with Gasteiger partial charge in [0.15, 0.2) is 5.82 Å². The lowest BCUT2D eigenvalue weighted by Gasteiger charge is -2.20. The lowest BCUT2D eigenvalue weighted by Crippen LogP contribution is -2.31. The van der Waals surface area contributed by atoms with Crippen molar-refractivity contribution in [2.45, 2.75) is 38.1 Å². The van der Waals surface area contributed by atoms with Gasteiger partial charge in [-0.05, 0) is 79.5 Å². The smallest absolute Gasteiger partial charge is 0.251 e. The number of hydrogen-bond donors (Lipinski definition) is 2. The largest absolute Gasteiger partial charge is 0.344 e. The first kappa shape index (κ1) is 21.3. The molecule has 0 saturated heterocycles. The van der Waals surface area contributed by atoms with Crippen LogP contribution in [0.5, 0.6) is 0 Å². The zero-order chi connectivity index (χ0) is 21.6. The molecule has 0 saturated carbocycles. The molecular formula is C24H26N4O2S. The molecule has 0 radical (unpaired) electrons. The van der Waals surface area contributed by atoms with E-state index in [0.717, 1.165) is 18.6 Å². The number of amides is 1. The summed E-state index contributed by atoms with van der Waals surface area (Å²) in [6.07, 6.45) is 8.84. The highest BCUT2D eigenvalue weighted by atomic mass is 32.2. The van der Waals surface area contributed by atoms with Crippen LogP contribution in [0.1, 0.15) is 52.5 Å². The normalized spacial score (nSPS) is 14.0. The highest BCUT2D eigenvalue weighted by Crippen LogP contribution is 2.23. The van der Waals surface area contributed by atoms with E-state index in [4.69, 9.17) is 0 Å². The molecular weight excluding hydrogens is 408 g/mol. The monoisotopic (exact) mass is 434 g/mol. The second-order valence-electron chi connectivity index (χ2n) is 7.73. The molecule has 7 heteroatoms. The SMILES string of the molecule is CSCC[C@H](NC(=O)c1ccc2c(c1)CCCC2)c1cc(=O)[nH]c(-c2ccccn2)n1. The molecule has 0 unspecified atom stereocenters. The molecule has 0 bridgehead atoms. The molecule has 6 nitrogen and oxygen atoms in total. The number of carbonyl (C=O) groups excluding carboxylic acids is 1. The number of aromatic amines is 1. The van der Waals surface area contributed by atoms with Gasteiger partial charge in [0.2, 0.25) is 0 Å². The average Bonchev–Trinajstić information content (AvgIpc) is 2.81. The Balaban J connectivity index is 1.61. The second kappa shape index (κ2) is 9.92. The van der Waals surface area contributed by atoms with Crippen molar-refractivity contribution in [1.82, 2.24) is 20.3 Å². The van der Waals surface area contributed by atoms with Crippen molar-refractivity contribution in [1.29, 1.82) is 0 Å². The number of nitrogens with zero attached hydrogens (tertiary/aromatic N) is 2. The van der Waals surface area contributed by atoms with Gasteiger partial charge in [0.05, 0.1) is 11.7 Å². The summed E-state index contributed by atoms with van der Waals surface area (Å²) in [5, 5.41) is 3.11. The van der Waals surface area contributed by atoms with Gasteiger partial charge in [-0.1, -0.05) is 12.1 Å². The minimum Gasteiger partial charge on any atom is -0.344 e. The van der Waals surface area contributed by atoms with Crippen molar-refractivity contribution in [2.75, 3.05) is 12.0 Å². The summed E-state index contributed by atoms with van der Waals surface area (Å²) in [4.78, 5) is 37.1. The van der Waals surface area contributed by atoms with Crippen LogP contribution in [0.15, 0.2) is 53.5 Å². The fourth-order valence-corrected chi connectivity index (χ4v) is 4.40. The van der Waals surface area contributed by atoms with Crippen molar-refractivity contribution in [2.24, 2.45) is 0 Å². The van der Waals surface area contributed by atoms with Crippen LogP contribution in [0, 0.1) is 0 Å². The van der Waals surface area contributed by atoms with Crippen molar-refractivity contribution >= 4 is 17.7 Å². The molecule has 2 aromatic heterocycles. The van der Waals surface area contributed by atoms with Gasteiger partial charge < -0.3 is 10.3 Å². The number of fused-ring (bicyclic) bond motifs is 1. The van der Waals surface area contributed by atoms with Crippen LogP contribution >= 0.6 is 11.8 Å². The van der Waals surface area contributed by atoms with E-state index in [2.05, 4.69) is 26.3 Å². The molecule has 1 aliphatic rings. The van der Waals surface area contributed by atoms with E-state index >= 15 is 0 Å². The van der Waals surface area contributed by atoms with E-state index < -0.39 is 0 Å². The first-order valence-corrected chi connectivity index (χ1v) is 12.0. The Labute approximate surface area is 185 Å². The third kappa shape index (κ3) is 5.22. The van der Waals surface area contributed by atoms with Crippen LogP contribution in [-0.4, -0.2) is 32.9 Å². The van der Waals surface area contributed by atoms with Crippen LogP contribution in [-0.2, 0) is 12.8 Å². The maximum Gasteiger partial charge on any atom is 0.251 e. The predicted octanol–water partition coefficient (Wildman–Crippen LogP) is 3.93. The van der Waals surface area contributed by atoms with E-state index in [1.165, 1.54) is 30.0 Å². The van der Waals surface area contributed by atoms with Gasteiger partial charge in [-0.2, -0.15) is 11.8 Å². The molecule has 160 valence electrons. The van der Waals surface area contributed by atoms with Gasteiger partial charge in [0, 0.05) is 17.8 Å². The fourth-order valence-electron chi connectivity index (χ4n) is 3.93. The molecule has 1 aliphatic carbocycles. The van der Waals surface area contributed by atoms with E-state index in [1.807, 2.05) is 30.5 Å². The Morgan fingerprint density at radius 2 is 2.00 bits per heavy atom. The average molecular weight is 435 g/mol. The number of benzene rings is 1. The highest BCUT2D eigenvalue weighted by Gasteiger charge is 2.20. The number of aryl methyl sites for hydroxylation is 2. The predicted molar refractivity (Wildman–Crippen MR) is 124 cm³/mol. The Bertz CT molecular complexity index is 1110. The van der Waals surface area contributed by atoms with E-state index in [1.54, 1.807) is 24.0 Å². The third-order valence-corrected chi connectivity index (χ3v) is 6.20. The molecule has 4 rings (SSSR count). The Morgan fingerprint density at radius 3 is 2.77 bits per heavy atom. The lowest BCUT2D eigenvalue weighted by molar-refractivity contribution is 0.0934. The molecule has 2 N–H and O–H groups in total. The molecule has 3 aromatic rings. The van der Waals surface area contributed by atoms with Gasteiger partial charge in [0.1, 0.15) is 5.69 Å². The number of nitrogens with one attached hydrogen (secondary N) is 2. The summed E-state index contributed by atoms with van der Waals surface area (Å²) in [6.45, 7) is 0. The number of aromatic nitrogens is 3. The van der Waals surface area contributed by atoms with Crippen LogP contribution in [0.25, 0.3) is 11.5 Å². The van der Waals surface area contributed by atoms with Gasteiger partial charge >= 0.3 is 0 Å². The van der Waals surface area contributed by atoms with Crippen molar-refractivity contribution in [3.05, 3.63) is 81.4 Å². The fraction of sp³-hybridized carbons (Fsp3) is 0.333. The third-order valence-electron chi connectivity index (χ3n) is 5.55. The molecule has 0 fully saturated rings. The van der Waals surface area contributed by atoms with Gasteiger partial charge in [-0.25, -0.2) is 4.98 Å². The number of hydrogen-bond acceptors (Lipinski definition) is 5. The van der Waals surface area contributed by atoms with Crippen molar-refractivity contribution in [3.63, 3.8) is 0 Å². The summed E-state index contributed by atoms with van der Waals surface area (Å²) in [6, 6.07) is 12.5. The Kier molecular flexibility index (Phi) is 6.82. The minimum atomic E-state index is -0.360. The summed E-state index contributed by atoms with van der Waals surface area (Å²) in [5.74, 6) is 1.10. The first-order valence-electron chi connectivity index (χ1n) is 10.6. The molecule has 1 aromatic carbocycles. The molecule has 1 amide bonds. The van der Waals surface area contributed by atoms with Gasteiger partial charge in [-0.3, -0.25) is 14.6 Å². The number of thioether (sulfide) groups is 1. The summed E-state index contributed by atoms with van der Waals surface area (Å²) in [7, 11) is 0. The van der Waals surface area contributed by atoms with Crippen LogP contribution in [0.2, 0.25) is 0 Å². The first-order chi connectivity index (χ1) is 15.1. The summed E-state index contributed by atoms with van der Waals surface area (Å²) < 4.78 is 0. The maximum atomic E-state index is 13.1. The van der Waals surface area contributed by atoms with Crippen LogP contribution < -0.4 is 10.9 Å². The Morgan fingerprint density at radius 1 is 1.16 bits per heavy atom. The van der Waals surface area contributed by atoms with Crippen LogP contribution in [0.3, 0.4) is 0 Å². The van der Waals surface area contributed by atoms with E-state index in [-0.39, 0.29) is 17.5 Å². The highest BCUT2D eigenvalue weighted by molar-refractivity contribution is 7.98. The number of pyridine rings is 1. The topological polar surface area (TPSA) is 87.7 Å². The zero-order valence-corrected chi connectivity index (χ0v) is 18.4. The minimum absolute atomic E-state index is 0.138. The van der Waals surface area contributed by atoms with E-state index in [9.17, 15) is 9.59 Å². The van der Waals surface area contributed by atoms with E-state index in [0.29, 0.717) is 29.2 Å². The summed E-state index contributed by atoms with van der Waals surface area (Å²) >= 11 is 1.69. The maximum absolute atomic E-state index is 13.1. The quantitative estimate of drug-likeness (QED) is 0.588. The molecule has 31 heavy (non-hydrogen) atoms. The molecule has 0 aliphatic heterocycles. The van der Waals surface area contributed by atoms with Crippen molar-refractivity contribution in [3.8, 4) is 11.5 Å². The number of carbonyl (C=O) groups is 1. The van der Waals surface area contributed by atoms with Gasteiger partial charge in [-0.15, -0.1) is 0 Å². The molecule has 2 heterocycles. The van der Waals surface area contributed by atoms with Crippen LogP contribution in [0.4, 0.5) is 0 Å². The number of H-pyrrole nitrogens is 1. The van der Waals surface area contributed by atoms with Gasteiger partial charge in [0.25, 0.3) is 11.5 Å². The standard InChI is InChI=1S/C24H26N4O2S/c1-31-13-11-19(21-15-22(29)28-23(26-21)20-8-4-5-12-25-20)27-24(30)18-10-9-16-6-2-3-7-17(16)14-18/h4-5,8-10,12,14-15,19H,2-3,6-7,11,13H2,1H3,(H,27,30)(H,26,28,29)/t19-/m0/s1. The second-order valence-corrected chi connectivity index (χ2v) is 8.72. The summed E-state index contributed by atoms with van der Waals surface area (Å²) in [5.41, 5.74) is 4.15.